The summed E-state index contributed by atoms with van der Waals surface area (Å²) in [6.07, 6.45) is -4.65. The van der Waals surface area contributed by atoms with E-state index in [9.17, 15) is 32.9 Å². The number of amides is 2. The van der Waals surface area contributed by atoms with Crippen molar-refractivity contribution in [3.05, 3.63) is 100 Å². The molecule has 0 N–H and O–H groups in total. The van der Waals surface area contributed by atoms with Gasteiger partial charge in [-0.1, -0.05) is 24.3 Å². The summed E-state index contributed by atoms with van der Waals surface area (Å²) >= 11 is 0. The molecule has 2 aliphatic heterocycles. The Kier molecular flexibility index (Phi) is 5.12. The van der Waals surface area contributed by atoms with Crippen molar-refractivity contribution in [1.82, 2.24) is 0 Å². The Morgan fingerprint density at radius 1 is 0.857 bits per heavy atom. The minimum atomic E-state index is -4.65. The van der Waals surface area contributed by atoms with Crippen LogP contribution in [0.5, 0.6) is 0 Å². The van der Waals surface area contributed by atoms with Crippen LogP contribution < -0.4 is 9.91 Å². The number of carbonyl (C=O) groups excluding carboxylic acids is 2. The van der Waals surface area contributed by atoms with Gasteiger partial charge in [-0.05, 0) is 48.0 Å². The lowest BCUT2D eigenvalue weighted by Gasteiger charge is -2.22. The highest BCUT2D eigenvalue weighted by atomic mass is 19.4. The Hall–Kier alpha value is -4.54. The largest absolute Gasteiger partial charge is 0.416 e. The molecule has 2 atom stereocenters. The molecule has 2 heterocycles. The normalized spacial score (nSPS) is 19.7. The first kappa shape index (κ1) is 22.3. The van der Waals surface area contributed by atoms with Crippen molar-refractivity contribution in [2.75, 3.05) is 9.91 Å². The fourth-order valence-corrected chi connectivity index (χ4v) is 4.28. The number of nitrogens with zero attached hydrogens (tertiary/aromatic N) is 4. The maximum Gasteiger partial charge on any atom is 0.416 e. The second-order valence-corrected chi connectivity index (χ2v) is 7.95. The molecule has 1 saturated heterocycles. The molecule has 2 aliphatic rings. The Bertz CT molecular complexity index is 1370. The maximum absolute atomic E-state index is 13.5. The van der Waals surface area contributed by atoms with Crippen molar-refractivity contribution in [2.45, 2.75) is 12.2 Å². The van der Waals surface area contributed by atoms with Gasteiger partial charge in [-0.15, -0.1) is 0 Å². The molecule has 0 saturated carbocycles. The summed E-state index contributed by atoms with van der Waals surface area (Å²) in [5, 5.41) is 16.9. The molecule has 0 aromatic heterocycles. The summed E-state index contributed by atoms with van der Waals surface area (Å²) in [6, 6.07) is 16.8. The number of hydrogen-bond donors (Lipinski definition) is 0. The number of imide groups is 1. The number of anilines is 2. The van der Waals surface area contributed by atoms with Crippen LogP contribution in [0, 0.1) is 16.0 Å². The average molecular weight is 480 g/mol. The topological polar surface area (TPSA) is 96.1 Å². The number of fused-ring (bicyclic) bond motifs is 1. The van der Waals surface area contributed by atoms with Gasteiger partial charge in [-0.25, -0.2) is 4.90 Å². The highest BCUT2D eigenvalue weighted by molar-refractivity contribution is 6.34. The fraction of sp³-hybridized carbons (Fsp3) is 0.125. The first-order valence-corrected chi connectivity index (χ1v) is 10.4. The number of carbonyl (C=O) groups is 2. The molecule has 35 heavy (non-hydrogen) atoms. The zero-order chi connectivity index (χ0) is 24.9. The number of non-ortho nitro benzene ring substituents is 1. The second kappa shape index (κ2) is 8.05. The molecular weight excluding hydrogens is 465 g/mol. The molecule has 0 spiro atoms. The Morgan fingerprint density at radius 2 is 1.51 bits per heavy atom. The lowest BCUT2D eigenvalue weighted by molar-refractivity contribution is -0.384. The summed E-state index contributed by atoms with van der Waals surface area (Å²) in [7, 11) is 0. The summed E-state index contributed by atoms with van der Waals surface area (Å²) < 4.78 is 39.8. The summed E-state index contributed by atoms with van der Waals surface area (Å²) in [5.74, 6) is -2.56. The lowest BCUT2D eigenvalue weighted by Crippen LogP contribution is -2.39. The third-order valence-electron chi connectivity index (χ3n) is 5.88. The molecule has 1 fully saturated rings. The van der Waals surface area contributed by atoms with Gasteiger partial charge in [-0.3, -0.25) is 24.7 Å². The Morgan fingerprint density at radius 3 is 2.14 bits per heavy atom. The van der Waals surface area contributed by atoms with Crippen LogP contribution in [-0.2, 0) is 15.8 Å². The Balaban J connectivity index is 1.60. The molecule has 5 rings (SSSR count). The lowest BCUT2D eigenvalue weighted by atomic mass is 9.92. The quantitative estimate of drug-likeness (QED) is 0.313. The van der Waals surface area contributed by atoms with Crippen LogP contribution >= 0.6 is 0 Å². The first-order chi connectivity index (χ1) is 16.7. The van der Waals surface area contributed by atoms with Crippen LogP contribution in [0.15, 0.2) is 84.0 Å². The monoisotopic (exact) mass is 480 g/mol. The molecule has 0 unspecified atom stereocenters. The minimum absolute atomic E-state index is 0.164. The number of hydrogen-bond acceptors (Lipinski definition) is 6. The van der Waals surface area contributed by atoms with Crippen molar-refractivity contribution in [3.63, 3.8) is 0 Å². The van der Waals surface area contributed by atoms with Crippen LogP contribution in [0.3, 0.4) is 0 Å². The van der Waals surface area contributed by atoms with Crippen LogP contribution in [-0.4, -0.2) is 28.5 Å². The molecule has 176 valence electrons. The van der Waals surface area contributed by atoms with Crippen molar-refractivity contribution in [3.8, 4) is 0 Å². The van der Waals surface area contributed by atoms with E-state index < -0.39 is 40.4 Å². The molecule has 0 radical (unpaired) electrons. The first-order valence-electron chi connectivity index (χ1n) is 10.4. The highest BCUT2D eigenvalue weighted by Crippen LogP contribution is 2.40. The molecule has 11 heteroatoms. The average Bonchev–Trinajstić information content (AvgIpc) is 3.36. The predicted octanol–water partition coefficient (Wildman–Crippen LogP) is 4.40. The van der Waals surface area contributed by atoms with E-state index in [1.54, 1.807) is 30.3 Å². The van der Waals surface area contributed by atoms with E-state index >= 15 is 0 Å². The summed E-state index contributed by atoms with van der Waals surface area (Å²) in [5.41, 5.74) is -0.260. The molecule has 3 aromatic rings. The van der Waals surface area contributed by atoms with Gasteiger partial charge in [0, 0.05) is 12.1 Å². The van der Waals surface area contributed by atoms with Crippen molar-refractivity contribution < 1.29 is 27.7 Å². The number of benzene rings is 3. The van der Waals surface area contributed by atoms with Gasteiger partial charge in [-0.2, -0.15) is 18.3 Å². The van der Waals surface area contributed by atoms with E-state index in [1.165, 1.54) is 35.3 Å². The van der Waals surface area contributed by atoms with Crippen LogP contribution in [0.25, 0.3) is 0 Å². The number of hydrazone groups is 1. The number of para-hydroxylation sites is 1. The van der Waals surface area contributed by atoms with Crippen LogP contribution in [0.2, 0.25) is 0 Å². The standard InChI is InChI=1S/C24H15F3N4O4/c25-24(26,27)15-5-4-8-18(13-15)29-22(32)19-20(14-9-11-17(12-10-14)31(34)35)28-30(21(19)23(29)33)16-6-2-1-3-7-16/h1-13,19,21H/t19-,21+/m0/s1. The van der Waals surface area contributed by atoms with Crippen molar-refractivity contribution in [2.24, 2.45) is 11.0 Å². The third kappa shape index (κ3) is 3.70. The molecular formula is C24H15F3N4O4. The molecule has 0 aliphatic carbocycles. The van der Waals surface area contributed by atoms with E-state index in [-0.39, 0.29) is 17.1 Å². The maximum atomic E-state index is 13.5. The van der Waals surface area contributed by atoms with Gasteiger partial charge >= 0.3 is 6.18 Å². The SMILES string of the molecule is O=C1[C@H]2C(c3ccc([N+](=O)[O-])cc3)=NN(c3ccccc3)[C@H]2C(=O)N1c1cccc(C(F)(F)F)c1. The highest BCUT2D eigenvalue weighted by Gasteiger charge is 2.57. The van der Waals surface area contributed by atoms with Crippen molar-refractivity contribution in [1.29, 1.82) is 0 Å². The van der Waals surface area contributed by atoms with Gasteiger partial charge in [0.15, 0.2) is 0 Å². The fourth-order valence-electron chi connectivity index (χ4n) is 4.28. The van der Waals surface area contributed by atoms with Gasteiger partial charge < -0.3 is 0 Å². The van der Waals surface area contributed by atoms with E-state index in [4.69, 9.17) is 0 Å². The number of nitro benzene ring substituents is 1. The molecule has 2 amide bonds. The molecule has 3 aromatic carbocycles. The van der Waals surface area contributed by atoms with E-state index in [2.05, 4.69) is 5.10 Å². The second-order valence-electron chi connectivity index (χ2n) is 7.95. The zero-order valence-corrected chi connectivity index (χ0v) is 17.7. The minimum Gasteiger partial charge on any atom is -0.273 e. The third-order valence-corrected chi connectivity index (χ3v) is 5.88. The summed E-state index contributed by atoms with van der Waals surface area (Å²) in [6.45, 7) is 0. The van der Waals surface area contributed by atoms with Crippen LogP contribution in [0.4, 0.5) is 30.2 Å². The zero-order valence-electron chi connectivity index (χ0n) is 17.7. The van der Waals surface area contributed by atoms with Crippen LogP contribution in [0.1, 0.15) is 11.1 Å². The number of rotatable bonds is 4. The van der Waals surface area contributed by atoms with Gasteiger partial charge in [0.25, 0.3) is 11.6 Å². The predicted molar refractivity (Wildman–Crippen MR) is 120 cm³/mol. The molecule has 8 nitrogen and oxygen atoms in total. The van der Waals surface area contributed by atoms with E-state index in [0.29, 0.717) is 11.3 Å². The number of nitro groups is 1. The van der Waals surface area contributed by atoms with Gasteiger partial charge in [0.2, 0.25) is 5.91 Å². The van der Waals surface area contributed by atoms with Gasteiger partial charge in [0.05, 0.1) is 27.6 Å². The van der Waals surface area contributed by atoms with E-state index in [0.717, 1.165) is 23.1 Å². The molecule has 0 bridgehead atoms. The smallest absolute Gasteiger partial charge is 0.273 e. The van der Waals surface area contributed by atoms with Gasteiger partial charge in [0.1, 0.15) is 12.0 Å². The number of halogens is 3. The number of alkyl halides is 3. The van der Waals surface area contributed by atoms with E-state index in [1.807, 2.05) is 0 Å². The van der Waals surface area contributed by atoms with Crippen molar-refractivity contribution >= 4 is 34.6 Å². The summed E-state index contributed by atoms with van der Waals surface area (Å²) in [4.78, 5) is 38.2. The Labute approximate surface area is 196 Å².